The Bertz CT molecular complexity index is 1170. The average molecular weight is 540 g/mol. The van der Waals surface area contributed by atoms with Gasteiger partial charge in [0.15, 0.2) is 0 Å². The molecule has 1 aliphatic heterocycles. The second-order valence-corrected chi connectivity index (χ2v) is 11.7. The molecule has 4 rings (SSSR count). The van der Waals surface area contributed by atoms with Crippen LogP contribution in [0.25, 0.3) is 0 Å². The van der Waals surface area contributed by atoms with Gasteiger partial charge >= 0.3 is 6.03 Å². The first kappa shape index (κ1) is 27.9. The van der Waals surface area contributed by atoms with Crippen LogP contribution >= 0.6 is 11.6 Å². The Morgan fingerprint density at radius 1 is 0.974 bits per heavy atom. The highest BCUT2D eigenvalue weighted by atomic mass is 35.5. The number of hydrogen-bond donors (Lipinski definition) is 3. The lowest BCUT2D eigenvalue weighted by Crippen LogP contribution is -2.48. The number of hydrogen-bond acceptors (Lipinski definition) is 4. The second-order valence-electron chi connectivity index (χ2n) is 11.3. The minimum absolute atomic E-state index is 0.0756. The number of nitrogens with zero attached hydrogens (tertiary/aromatic N) is 2. The quantitative estimate of drug-likeness (QED) is 0.473. The van der Waals surface area contributed by atoms with Crippen molar-refractivity contribution in [2.75, 3.05) is 38.0 Å². The van der Waals surface area contributed by atoms with Gasteiger partial charge in [0.2, 0.25) is 0 Å². The van der Waals surface area contributed by atoms with Crippen LogP contribution in [0.1, 0.15) is 66.3 Å². The van der Waals surface area contributed by atoms with E-state index in [-0.39, 0.29) is 23.4 Å². The summed E-state index contributed by atoms with van der Waals surface area (Å²) in [5.74, 6) is 0.416. The van der Waals surface area contributed by atoms with Crippen molar-refractivity contribution < 1.29 is 14.4 Å². The van der Waals surface area contributed by atoms with Crippen molar-refractivity contribution >= 4 is 35.1 Å². The van der Waals surface area contributed by atoms with Gasteiger partial charge in [-0.2, -0.15) is 0 Å². The molecule has 3 N–H and O–H groups in total. The van der Waals surface area contributed by atoms with E-state index in [9.17, 15) is 14.4 Å². The smallest absolute Gasteiger partial charge is 0.319 e. The van der Waals surface area contributed by atoms with E-state index in [1.807, 2.05) is 49.9 Å². The monoisotopic (exact) mass is 539 g/mol. The number of carbonyl (C=O) groups excluding carboxylic acids is 3. The standard InChI is InChI=1S/C29H38ClN5O3/c1-29(2,3)33-26(36)22-9-5-8-21(16-22)19-34-12-14-35(15-13-34)27(37)23-10-11-25(24(30)17-23)32-28(38)31-18-20-6-4-7-20/h5,8-11,16-17,20H,4,6-7,12-15,18-19H2,1-3H3,(H,33,36)(H2,31,32,38). The van der Waals surface area contributed by atoms with Gasteiger partial charge in [-0.05, 0) is 75.4 Å². The molecule has 204 valence electrons. The number of urea groups is 1. The Hall–Kier alpha value is -3.10. The van der Waals surface area contributed by atoms with Gasteiger partial charge in [-0.15, -0.1) is 0 Å². The molecule has 38 heavy (non-hydrogen) atoms. The van der Waals surface area contributed by atoms with Crippen LogP contribution in [0.4, 0.5) is 10.5 Å². The van der Waals surface area contributed by atoms with Crippen molar-refractivity contribution in [2.45, 2.75) is 52.1 Å². The number of amides is 4. The number of rotatable bonds is 7. The molecule has 1 heterocycles. The first-order valence-corrected chi connectivity index (χ1v) is 13.7. The summed E-state index contributed by atoms with van der Waals surface area (Å²) in [6.45, 7) is 9.95. The van der Waals surface area contributed by atoms with E-state index in [4.69, 9.17) is 11.6 Å². The highest BCUT2D eigenvalue weighted by molar-refractivity contribution is 6.34. The van der Waals surface area contributed by atoms with Crippen molar-refractivity contribution in [3.05, 3.63) is 64.2 Å². The summed E-state index contributed by atoms with van der Waals surface area (Å²) >= 11 is 6.39. The fraction of sp³-hybridized carbons (Fsp3) is 0.483. The molecule has 9 heteroatoms. The topological polar surface area (TPSA) is 93.8 Å². The lowest BCUT2D eigenvalue weighted by Gasteiger charge is -2.35. The maximum Gasteiger partial charge on any atom is 0.319 e. The van der Waals surface area contributed by atoms with Gasteiger partial charge in [-0.3, -0.25) is 14.5 Å². The van der Waals surface area contributed by atoms with Crippen LogP contribution in [-0.4, -0.2) is 65.9 Å². The number of benzene rings is 2. The van der Waals surface area contributed by atoms with Gasteiger partial charge in [0.05, 0.1) is 10.7 Å². The fourth-order valence-electron chi connectivity index (χ4n) is 4.62. The molecular formula is C29H38ClN5O3. The molecule has 1 saturated carbocycles. The van der Waals surface area contributed by atoms with Crippen LogP contribution in [0.5, 0.6) is 0 Å². The molecule has 1 aliphatic carbocycles. The third-order valence-corrected chi connectivity index (χ3v) is 7.30. The maximum absolute atomic E-state index is 13.1. The number of nitrogens with one attached hydrogen (secondary N) is 3. The number of halogens is 1. The van der Waals surface area contributed by atoms with Gasteiger partial charge < -0.3 is 20.9 Å². The molecule has 0 aromatic heterocycles. The third kappa shape index (κ3) is 7.71. The lowest BCUT2D eigenvalue weighted by molar-refractivity contribution is 0.0628. The molecule has 8 nitrogen and oxygen atoms in total. The second kappa shape index (κ2) is 12.2. The van der Waals surface area contributed by atoms with Crippen molar-refractivity contribution in [3.8, 4) is 0 Å². The molecule has 0 spiro atoms. The summed E-state index contributed by atoms with van der Waals surface area (Å²) in [4.78, 5) is 41.9. The Labute approximate surface area is 230 Å². The largest absolute Gasteiger partial charge is 0.347 e. The van der Waals surface area contributed by atoms with Crippen LogP contribution in [0.15, 0.2) is 42.5 Å². The van der Waals surface area contributed by atoms with Crippen LogP contribution in [0, 0.1) is 5.92 Å². The van der Waals surface area contributed by atoms with E-state index in [0.29, 0.717) is 53.9 Å². The highest BCUT2D eigenvalue weighted by Gasteiger charge is 2.24. The zero-order valence-electron chi connectivity index (χ0n) is 22.5. The van der Waals surface area contributed by atoms with E-state index in [1.54, 1.807) is 18.2 Å². The third-order valence-electron chi connectivity index (χ3n) is 6.98. The van der Waals surface area contributed by atoms with Gasteiger partial charge in [0.25, 0.3) is 11.8 Å². The van der Waals surface area contributed by atoms with E-state index >= 15 is 0 Å². The molecule has 4 amide bonds. The lowest BCUT2D eigenvalue weighted by atomic mass is 9.85. The Morgan fingerprint density at radius 2 is 1.71 bits per heavy atom. The normalized spacial score (nSPS) is 16.5. The Kier molecular flexibility index (Phi) is 8.95. The zero-order chi connectivity index (χ0) is 27.3. The highest BCUT2D eigenvalue weighted by Crippen LogP contribution is 2.26. The summed E-state index contributed by atoms with van der Waals surface area (Å²) in [6, 6.07) is 12.4. The maximum atomic E-state index is 13.1. The van der Waals surface area contributed by atoms with Crippen molar-refractivity contribution in [1.82, 2.24) is 20.4 Å². The average Bonchev–Trinajstić information content (AvgIpc) is 2.83. The van der Waals surface area contributed by atoms with Gasteiger partial charge in [0, 0.05) is 55.9 Å². The molecule has 0 atom stereocenters. The summed E-state index contributed by atoms with van der Waals surface area (Å²) in [7, 11) is 0. The van der Waals surface area contributed by atoms with E-state index in [0.717, 1.165) is 31.5 Å². The van der Waals surface area contributed by atoms with Gasteiger partial charge in [-0.25, -0.2) is 4.79 Å². The molecule has 1 saturated heterocycles. The minimum Gasteiger partial charge on any atom is -0.347 e. The van der Waals surface area contributed by atoms with E-state index in [2.05, 4.69) is 20.9 Å². The first-order chi connectivity index (χ1) is 18.1. The summed E-state index contributed by atoms with van der Waals surface area (Å²) in [6.07, 6.45) is 3.56. The number of carbonyl (C=O) groups is 3. The number of anilines is 1. The zero-order valence-corrected chi connectivity index (χ0v) is 23.2. The van der Waals surface area contributed by atoms with Crippen LogP contribution in [-0.2, 0) is 6.54 Å². The predicted molar refractivity (Wildman–Crippen MR) is 151 cm³/mol. The van der Waals surface area contributed by atoms with Gasteiger partial charge in [0.1, 0.15) is 0 Å². The molecular weight excluding hydrogens is 502 g/mol. The van der Waals surface area contributed by atoms with E-state index < -0.39 is 0 Å². The molecule has 2 aromatic carbocycles. The molecule has 2 aliphatic rings. The molecule has 2 fully saturated rings. The summed E-state index contributed by atoms with van der Waals surface area (Å²) in [5.41, 5.74) is 2.41. The van der Waals surface area contributed by atoms with Crippen molar-refractivity contribution in [3.63, 3.8) is 0 Å². The Morgan fingerprint density at radius 3 is 2.34 bits per heavy atom. The Balaban J connectivity index is 1.27. The molecule has 0 bridgehead atoms. The number of piperazine rings is 1. The SMILES string of the molecule is CC(C)(C)NC(=O)c1cccc(CN2CCN(C(=O)c3ccc(NC(=O)NCC4CCC4)c(Cl)c3)CC2)c1. The summed E-state index contributed by atoms with van der Waals surface area (Å²) in [5, 5.41) is 8.99. The van der Waals surface area contributed by atoms with Crippen molar-refractivity contribution in [2.24, 2.45) is 5.92 Å². The van der Waals surface area contributed by atoms with Gasteiger partial charge in [-0.1, -0.05) is 30.2 Å². The fourth-order valence-corrected chi connectivity index (χ4v) is 4.85. The molecule has 0 radical (unpaired) electrons. The molecule has 2 aromatic rings. The van der Waals surface area contributed by atoms with Crippen LogP contribution in [0.2, 0.25) is 5.02 Å². The molecule has 0 unspecified atom stereocenters. The first-order valence-electron chi connectivity index (χ1n) is 13.3. The van der Waals surface area contributed by atoms with Crippen LogP contribution < -0.4 is 16.0 Å². The van der Waals surface area contributed by atoms with E-state index in [1.165, 1.54) is 6.42 Å². The van der Waals surface area contributed by atoms with Crippen molar-refractivity contribution in [1.29, 1.82) is 0 Å². The van der Waals surface area contributed by atoms with Crippen LogP contribution in [0.3, 0.4) is 0 Å². The summed E-state index contributed by atoms with van der Waals surface area (Å²) < 4.78 is 0. The predicted octanol–water partition coefficient (Wildman–Crippen LogP) is 4.75. The minimum atomic E-state index is -0.291.